The maximum Gasteiger partial charge on any atom is 0.268 e. The Hall–Kier alpha value is -2.88. The lowest BCUT2D eigenvalue weighted by molar-refractivity contribution is -0.112. The fraction of sp³-hybridized carbons (Fsp3) is 0. The van der Waals surface area contributed by atoms with Crippen molar-refractivity contribution in [1.29, 1.82) is 5.26 Å². The number of amides is 1. The van der Waals surface area contributed by atoms with Crippen LogP contribution < -0.4 is 5.32 Å². The van der Waals surface area contributed by atoms with E-state index in [0.717, 1.165) is 5.56 Å². The van der Waals surface area contributed by atoms with Gasteiger partial charge in [0, 0.05) is 23.2 Å². The molecule has 7 heteroatoms. The van der Waals surface area contributed by atoms with E-state index in [1.54, 1.807) is 29.8 Å². The molecule has 0 spiro atoms. The Morgan fingerprint density at radius 3 is 2.88 bits per heavy atom. The van der Waals surface area contributed by atoms with E-state index in [-0.39, 0.29) is 5.57 Å². The van der Waals surface area contributed by atoms with E-state index >= 15 is 0 Å². The SMILES string of the molecule is N#C/C(=C/c1ccc(-c2ccccc2Cl)o1)C(=O)Nc1nccs1. The van der Waals surface area contributed by atoms with E-state index in [4.69, 9.17) is 16.0 Å². The standard InChI is InChI=1S/C17H10ClN3O2S/c18-14-4-2-1-3-13(14)15-6-5-12(23-15)9-11(10-19)16(22)21-17-20-7-8-24-17/h1-9H,(H,20,21,22)/b11-9-. The van der Waals surface area contributed by atoms with E-state index < -0.39 is 5.91 Å². The molecular formula is C17H10ClN3O2S. The number of halogens is 1. The normalized spacial score (nSPS) is 11.1. The van der Waals surface area contributed by atoms with E-state index in [0.29, 0.717) is 21.7 Å². The first-order chi connectivity index (χ1) is 11.7. The van der Waals surface area contributed by atoms with E-state index in [2.05, 4.69) is 10.3 Å². The second-order valence-electron chi connectivity index (χ2n) is 4.64. The van der Waals surface area contributed by atoms with Crippen LogP contribution in [-0.2, 0) is 4.79 Å². The first-order valence-electron chi connectivity index (χ1n) is 6.85. The monoisotopic (exact) mass is 355 g/mol. The largest absolute Gasteiger partial charge is 0.457 e. The molecule has 0 aliphatic carbocycles. The molecule has 5 nitrogen and oxygen atoms in total. The molecule has 2 aromatic heterocycles. The van der Waals surface area contributed by atoms with E-state index in [1.807, 2.05) is 24.3 Å². The number of carbonyl (C=O) groups excluding carboxylic acids is 1. The number of rotatable bonds is 4. The fourth-order valence-electron chi connectivity index (χ4n) is 1.98. The lowest BCUT2D eigenvalue weighted by Crippen LogP contribution is -2.13. The van der Waals surface area contributed by atoms with Crippen molar-refractivity contribution in [3.05, 3.63) is 64.3 Å². The van der Waals surface area contributed by atoms with Gasteiger partial charge in [0.2, 0.25) is 0 Å². The summed E-state index contributed by atoms with van der Waals surface area (Å²) in [4.78, 5) is 16.0. The summed E-state index contributed by atoms with van der Waals surface area (Å²) in [6.45, 7) is 0. The number of furan rings is 1. The summed E-state index contributed by atoms with van der Waals surface area (Å²) in [7, 11) is 0. The lowest BCUT2D eigenvalue weighted by Gasteiger charge is -2.00. The van der Waals surface area contributed by atoms with Crippen molar-refractivity contribution in [2.75, 3.05) is 5.32 Å². The first kappa shape index (κ1) is 16.0. The molecule has 0 unspecified atom stereocenters. The number of benzene rings is 1. The fourth-order valence-corrected chi connectivity index (χ4v) is 2.73. The van der Waals surface area contributed by atoms with Crippen LogP contribution in [0.25, 0.3) is 17.4 Å². The summed E-state index contributed by atoms with van der Waals surface area (Å²) >= 11 is 7.40. The quantitative estimate of drug-likeness (QED) is 0.547. The molecule has 24 heavy (non-hydrogen) atoms. The van der Waals surface area contributed by atoms with Gasteiger partial charge in [-0.3, -0.25) is 10.1 Å². The number of thiazole rings is 1. The van der Waals surface area contributed by atoms with Gasteiger partial charge in [-0.1, -0.05) is 23.7 Å². The third-order valence-electron chi connectivity index (χ3n) is 3.07. The number of carbonyl (C=O) groups is 1. The van der Waals surface area contributed by atoms with Gasteiger partial charge in [0.15, 0.2) is 5.13 Å². The molecule has 0 radical (unpaired) electrons. The van der Waals surface area contributed by atoms with Gasteiger partial charge in [-0.25, -0.2) is 4.98 Å². The summed E-state index contributed by atoms with van der Waals surface area (Å²) in [6.07, 6.45) is 2.95. The summed E-state index contributed by atoms with van der Waals surface area (Å²) in [5.41, 5.74) is 0.662. The van der Waals surface area contributed by atoms with Gasteiger partial charge >= 0.3 is 0 Å². The minimum absolute atomic E-state index is 0.0785. The Morgan fingerprint density at radius 1 is 1.33 bits per heavy atom. The third-order valence-corrected chi connectivity index (χ3v) is 4.09. The third kappa shape index (κ3) is 3.54. The molecule has 0 atom stereocenters. The van der Waals surface area contributed by atoms with Crippen LogP contribution in [0.3, 0.4) is 0 Å². The van der Waals surface area contributed by atoms with Crippen LogP contribution in [-0.4, -0.2) is 10.9 Å². The second-order valence-corrected chi connectivity index (χ2v) is 5.94. The van der Waals surface area contributed by atoms with Crippen molar-refractivity contribution in [3.63, 3.8) is 0 Å². The highest BCUT2D eigenvalue weighted by molar-refractivity contribution is 7.13. The number of nitriles is 1. The number of anilines is 1. The number of nitrogens with zero attached hydrogens (tertiary/aromatic N) is 2. The highest BCUT2D eigenvalue weighted by atomic mass is 35.5. The van der Waals surface area contributed by atoms with Gasteiger partial charge in [-0.05, 0) is 24.3 Å². The van der Waals surface area contributed by atoms with Crippen molar-refractivity contribution < 1.29 is 9.21 Å². The van der Waals surface area contributed by atoms with Crippen LogP contribution in [0, 0.1) is 11.3 Å². The average molecular weight is 356 g/mol. The highest BCUT2D eigenvalue weighted by Crippen LogP contribution is 2.29. The summed E-state index contributed by atoms with van der Waals surface area (Å²) in [5, 5.41) is 14.5. The summed E-state index contributed by atoms with van der Waals surface area (Å²) < 4.78 is 5.66. The maximum atomic E-state index is 12.1. The van der Waals surface area contributed by atoms with Gasteiger partial charge in [0.1, 0.15) is 23.2 Å². The molecular weight excluding hydrogens is 346 g/mol. The number of hydrogen-bond donors (Lipinski definition) is 1. The van der Waals surface area contributed by atoms with Crippen molar-refractivity contribution in [2.45, 2.75) is 0 Å². The van der Waals surface area contributed by atoms with Crippen molar-refractivity contribution >= 4 is 40.1 Å². The minimum Gasteiger partial charge on any atom is -0.457 e. The zero-order chi connectivity index (χ0) is 16.9. The molecule has 1 aromatic carbocycles. The van der Waals surface area contributed by atoms with Crippen LogP contribution in [0.1, 0.15) is 5.76 Å². The molecule has 0 bridgehead atoms. The minimum atomic E-state index is -0.539. The van der Waals surface area contributed by atoms with Gasteiger partial charge in [-0.15, -0.1) is 11.3 Å². The zero-order valence-electron chi connectivity index (χ0n) is 12.2. The maximum absolute atomic E-state index is 12.1. The number of nitrogens with one attached hydrogen (secondary N) is 1. The van der Waals surface area contributed by atoms with E-state index in [1.165, 1.54) is 17.4 Å². The van der Waals surface area contributed by atoms with Crippen molar-refractivity contribution in [2.24, 2.45) is 0 Å². The molecule has 3 aromatic rings. The molecule has 0 saturated carbocycles. The molecule has 3 rings (SSSR count). The Morgan fingerprint density at radius 2 is 2.17 bits per heavy atom. The predicted molar refractivity (Wildman–Crippen MR) is 93.5 cm³/mol. The molecule has 1 N–H and O–H groups in total. The lowest BCUT2D eigenvalue weighted by atomic mass is 10.2. The van der Waals surface area contributed by atoms with Gasteiger partial charge in [0.05, 0.1) is 5.02 Å². The first-order valence-corrected chi connectivity index (χ1v) is 8.10. The Kier molecular flexibility index (Phi) is 4.75. The molecule has 1 amide bonds. The smallest absolute Gasteiger partial charge is 0.268 e. The highest BCUT2D eigenvalue weighted by Gasteiger charge is 2.13. The Balaban J connectivity index is 1.83. The van der Waals surface area contributed by atoms with Gasteiger partial charge < -0.3 is 4.42 Å². The predicted octanol–water partition coefficient (Wildman–Crippen LogP) is 4.60. The molecule has 0 saturated heterocycles. The van der Waals surface area contributed by atoms with Crippen LogP contribution in [0.4, 0.5) is 5.13 Å². The Bertz CT molecular complexity index is 939. The second kappa shape index (κ2) is 7.13. The number of aromatic nitrogens is 1. The number of hydrogen-bond acceptors (Lipinski definition) is 5. The molecule has 0 fully saturated rings. The van der Waals surface area contributed by atoms with Crippen molar-refractivity contribution in [3.8, 4) is 17.4 Å². The van der Waals surface area contributed by atoms with E-state index in [9.17, 15) is 10.1 Å². The summed E-state index contributed by atoms with van der Waals surface area (Å²) in [6, 6.07) is 12.5. The van der Waals surface area contributed by atoms with Crippen LogP contribution in [0.2, 0.25) is 5.02 Å². The van der Waals surface area contributed by atoms with Crippen LogP contribution in [0.15, 0.2) is 58.0 Å². The van der Waals surface area contributed by atoms with Gasteiger partial charge in [0.25, 0.3) is 5.91 Å². The van der Waals surface area contributed by atoms with Crippen LogP contribution >= 0.6 is 22.9 Å². The average Bonchev–Trinajstić information content (AvgIpc) is 3.24. The van der Waals surface area contributed by atoms with Crippen LogP contribution in [0.5, 0.6) is 0 Å². The molecule has 0 aliphatic rings. The molecule has 118 valence electrons. The molecule has 0 aliphatic heterocycles. The molecule has 2 heterocycles. The zero-order valence-corrected chi connectivity index (χ0v) is 13.8. The van der Waals surface area contributed by atoms with Crippen molar-refractivity contribution in [1.82, 2.24) is 4.98 Å². The Labute approximate surface area is 146 Å². The topological polar surface area (TPSA) is 78.9 Å². The summed E-state index contributed by atoms with van der Waals surface area (Å²) in [5.74, 6) is 0.406. The van der Waals surface area contributed by atoms with Gasteiger partial charge in [-0.2, -0.15) is 5.26 Å².